The molecule has 7 nitrogen and oxygen atoms in total. The van der Waals surface area contributed by atoms with Gasteiger partial charge in [0.15, 0.2) is 5.82 Å². The number of benzene rings is 2. The van der Waals surface area contributed by atoms with Gasteiger partial charge in [0.1, 0.15) is 29.4 Å². The van der Waals surface area contributed by atoms with Crippen molar-refractivity contribution in [3.05, 3.63) is 47.4 Å². The van der Waals surface area contributed by atoms with Gasteiger partial charge in [-0.3, -0.25) is 4.98 Å². The molecule has 2 atom stereocenters. The molecular weight excluding hydrogens is 526 g/mol. The third kappa shape index (κ3) is 4.64. The van der Waals surface area contributed by atoms with E-state index in [0.717, 1.165) is 12.8 Å². The fraction of sp³-hybridized carbons (Fsp3) is 0.346. The average Bonchev–Trinajstić information content (AvgIpc) is 3.20. The van der Waals surface area contributed by atoms with Crippen LogP contribution in [-0.4, -0.2) is 58.0 Å². The molecule has 0 radical (unpaired) electrons. The van der Waals surface area contributed by atoms with E-state index >= 15 is 4.39 Å². The molecule has 0 spiro atoms. The molecule has 2 N–H and O–H groups in total. The highest BCUT2D eigenvalue weighted by Gasteiger charge is 2.34. The highest BCUT2D eigenvalue weighted by Crippen LogP contribution is 2.40. The van der Waals surface area contributed by atoms with Gasteiger partial charge in [-0.15, -0.1) is 0 Å². The van der Waals surface area contributed by atoms with E-state index in [9.17, 15) is 18.3 Å². The molecule has 2 saturated heterocycles. The smallest absolute Gasteiger partial charge is 0.392 e. The number of hydrogen-bond donors (Lipinski definition) is 2. The molecule has 12 heteroatoms. The predicted molar refractivity (Wildman–Crippen MR) is 135 cm³/mol. The Kier molecular flexibility index (Phi) is 6.14. The van der Waals surface area contributed by atoms with Crippen LogP contribution in [0.1, 0.15) is 19.3 Å². The van der Waals surface area contributed by atoms with Gasteiger partial charge in [-0.2, -0.15) is 23.1 Å². The Morgan fingerprint density at radius 1 is 1.13 bits per heavy atom. The first-order chi connectivity index (χ1) is 18.2. The summed E-state index contributed by atoms with van der Waals surface area (Å²) in [5.74, 6) is -0.573. The van der Waals surface area contributed by atoms with Gasteiger partial charge in [0, 0.05) is 47.3 Å². The lowest BCUT2D eigenvalue weighted by Gasteiger charge is -2.34. The maximum absolute atomic E-state index is 16.2. The number of halogens is 5. The Bertz CT molecular complexity index is 1540. The number of alkyl halides is 3. The lowest BCUT2D eigenvalue weighted by atomic mass is 10.00. The molecule has 38 heavy (non-hydrogen) atoms. The van der Waals surface area contributed by atoms with Crippen LogP contribution in [-0.2, 0) is 0 Å². The molecule has 2 aromatic heterocycles. The van der Waals surface area contributed by atoms with E-state index in [1.807, 2.05) is 4.90 Å². The van der Waals surface area contributed by atoms with Crippen molar-refractivity contribution in [3.8, 4) is 23.0 Å². The number of rotatable bonds is 5. The summed E-state index contributed by atoms with van der Waals surface area (Å²) in [5.41, 5.74) is -0.000810. The maximum atomic E-state index is 16.2. The van der Waals surface area contributed by atoms with Crippen molar-refractivity contribution >= 4 is 39.1 Å². The maximum Gasteiger partial charge on any atom is 0.392 e. The van der Waals surface area contributed by atoms with E-state index in [1.165, 1.54) is 18.3 Å². The summed E-state index contributed by atoms with van der Waals surface area (Å²) in [5, 5.41) is 15.5. The molecular formula is C26H22ClF4N5O2. The number of anilines is 1. The third-order valence-electron chi connectivity index (χ3n) is 6.94. The van der Waals surface area contributed by atoms with Gasteiger partial charge in [-0.05, 0) is 36.4 Å². The van der Waals surface area contributed by atoms with Gasteiger partial charge in [0.2, 0.25) is 0 Å². The lowest BCUT2D eigenvalue weighted by molar-refractivity contribution is -0.139. The molecule has 0 amide bonds. The Labute approximate surface area is 219 Å². The highest BCUT2D eigenvalue weighted by molar-refractivity contribution is 6.36. The SMILES string of the molecule is Oc1cc(-c2ncc3c(N4CC5CCC(C4)N5)nc(OCCC(F)(F)F)nc3c2F)c2c(Cl)cccc2c1. The second-order valence-electron chi connectivity index (χ2n) is 9.60. The van der Waals surface area contributed by atoms with E-state index in [1.54, 1.807) is 18.2 Å². The largest absolute Gasteiger partial charge is 0.508 e. The Morgan fingerprint density at radius 2 is 1.89 bits per heavy atom. The molecule has 198 valence electrons. The van der Waals surface area contributed by atoms with E-state index in [4.69, 9.17) is 16.3 Å². The number of pyridine rings is 1. The quantitative estimate of drug-likeness (QED) is 0.314. The number of phenolic OH excluding ortho intramolecular Hbond substituents is 1. The standard InChI is InChI=1S/C26H22ClF4N5O2/c27-19-3-1-2-13-8-16(37)9-17(20(13)19)22-21(28)23-18(10-32-22)24(36-11-14-4-5-15(12-36)33-14)35-25(34-23)38-7-6-26(29,30)31/h1-3,8-10,14-15,33,37H,4-7,11-12H2. The second kappa shape index (κ2) is 9.39. The van der Waals surface area contributed by atoms with Crippen LogP contribution in [0.15, 0.2) is 36.5 Å². The van der Waals surface area contributed by atoms with Crippen molar-refractivity contribution < 1.29 is 27.4 Å². The minimum atomic E-state index is -4.42. The van der Waals surface area contributed by atoms with Crippen molar-refractivity contribution in [2.24, 2.45) is 0 Å². The van der Waals surface area contributed by atoms with E-state index in [2.05, 4.69) is 20.3 Å². The average molecular weight is 548 g/mol. The zero-order valence-electron chi connectivity index (χ0n) is 19.9. The Hall–Kier alpha value is -3.44. The van der Waals surface area contributed by atoms with Crippen LogP contribution < -0.4 is 15.0 Å². The van der Waals surface area contributed by atoms with E-state index < -0.39 is 25.0 Å². The molecule has 2 bridgehead atoms. The number of aromatic hydroxyl groups is 1. The van der Waals surface area contributed by atoms with Crippen molar-refractivity contribution in [2.75, 3.05) is 24.6 Å². The zero-order valence-corrected chi connectivity index (χ0v) is 20.7. The second-order valence-corrected chi connectivity index (χ2v) is 10.0. The fourth-order valence-electron chi connectivity index (χ4n) is 5.30. The van der Waals surface area contributed by atoms with Crippen molar-refractivity contribution in [2.45, 2.75) is 37.5 Å². The number of hydrogen-bond acceptors (Lipinski definition) is 7. The minimum absolute atomic E-state index is 0.105. The van der Waals surface area contributed by atoms with Crippen LogP contribution in [0.3, 0.4) is 0 Å². The molecule has 6 rings (SSSR count). The van der Waals surface area contributed by atoms with Gasteiger partial charge in [-0.1, -0.05) is 23.7 Å². The number of nitrogens with one attached hydrogen (secondary N) is 1. The highest BCUT2D eigenvalue weighted by atomic mass is 35.5. The fourth-order valence-corrected chi connectivity index (χ4v) is 5.58. The first kappa shape index (κ1) is 24.9. The molecule has 2 aromatic carbocycles. The monoisotopic (exact) mass is 547 g/mol. The number of fused-ring (bicyclic) bond motifs is 4. The van der Waals surface area contributed by atoms with Gasteiger partial charge >= 0.3 is 12.2 Å². The molecule has 2 aliphatic heterocycles. The van der Waals surface area contributed by atoms with E-state index in [0.29, 0.717) is 40.1 Å². The van der Waals surface area contributed by atoms with Crippen LogP contribution >= 0.6 is 11.6 Å². The normalized spacial score (nSPS) is 19.4. The summed E-state index contributed by atoms with van der Waals surface area (Å²) in [6.45, 7) is 0.495. The summed E-state index contributed by atoms with van der Waals surface area (Å²) in [6, 6.07) is 8.07. The Morgan fingerprint density at radius 3 is 2.63 bits per heavy atom. The summed E-state index contributed by atoms with van der Waals surface area (Å²) in [4.78, 5) is 14.9. The minimum Gasteiger partial charge on any atom is -0.508 e. The number of phenols is 1. The van der Waals surface area contributed by atoms with E-state index in [-0.39, 0.29) is 40.6 Å². The van der Waals surface area contributed by atoms with Crippen molar-refractivity contribution in [1.29, 1.82) is 0 Å². The topological polar surface area (TPSA) is 83.4 Å². The first-order valence-electron chi connectivity index (χ1n) is 12.1. The van der Waals surface area contributed by atoms with Gasteiger partial charge in [0.05, 0.1) is 11.8 Å². The number of nitrogens with zero attached hydrogens (tertiary/aromatic N) is 4. The Balaban J connectivity index is 1.51. The molecule has 2 unspecified atom stereocenters. The van der Waals surface area contributed by atoms with Crippen molar-refractivity contribution in [3.63, 3.8) is 0 Å². The van der Waals surface area contributed by atoms with Gasteiger partial charge < -0.3 is 20.1 Å². The predicted octanol–water partition coefficient (Wildman–Crippen LogP) is 5.61. The lowest BCUT2D eigenvalue weighted by Crippen LogP contribution is -2.51. The van der Waals surface area contributed by atoms with Crippen LogP contribution in [0.5, 0.6) is 11.8 Å². The van der Waals surface area contributed by atoms with Gasteiger partial charge in [-0.25, -0.2) is 4.39 Å². The zero-order chi connectivity index (χ0) is 26.6. The summed E-state index contributed by atoms with van der Waals surface area (Å²) in [6.07, 6.45) is -2.20. The van der Waals surface area contributed by atoms with Crippen LogP contribution in [0.25, 0.3) is 32.9 Å². The molecule has 2 aliphatic rings. The third-order valence-corrected chi connectivity index (χ3v) is 7.26. The van der Waals surface area contributed by atoms with Crippen LogP contribution in [0.2, 0.25) is 5.02 Å². The molecule has 0 aliphatic carbocycles. The van der Waals surface area contributed by atoms with Crippen LogP contribution in [0.4, 0.5) is 23.4 Å². The molecule has 2 fully saturated rings. The van der Waals surface area contributed by atoms with Crippen molar-refractivity contribution in [1.82, 2.24) is 20.3 Å². The summed E-state index contributed by atoms with van der Waals surface area (Å²) >= 11 is 6.43. The number of ether oxygens (including phenoxy) is 1. The number of aromatic nitrogens is 3. The molecule has 0 saturated carbocycles. The van der Waals surface area contributed by atoms with Crippen LogP contribution in [0, 0.1) is 5.82 Å². The first-order valence-corrected chi connectivity index (χ1v) is 12.5. The summed E-state index contributed by atoms with van der Waals surface area (Å²) in [7, 11) is 0. The summed E-state index contributed by atoms with van der Waals surface area (Å²) < 4.78 is 59.7. The molecule has 4 aromatic rings. The number of piperazine rings is 1. The molecule has 4 heterocycles. The van der Waals surface area contributed by atoms with Gasteiger partial charge in [0.25, 0.3) is 0 Å².